The molecule has 0 radical (unpaired) electrons. The number of benzene rings is 2. The summed E-state index contributed by atoms with van der Waals surface area (Å²) >= 11 is 0. The second-order valence-electron chi connectivity index (χ2n) is 8.97. The zero-order chi connectivity index (χ0) is 37.3. The minimum atomic E-state index is -0.992. The number of esters is 2. The average Bonchev–Trinajstić information content (AvgIpc) is 3.10. The molecule has 5 N–H and O–H groups in total. The van der Waals surface area contributed by atoms with Gasteiger partial charge in [0.15, 0.2) is 0 Å². The molecule has 2 rings (SSSR count). The van der Waals surface area contributed by atoms with Gasteiger partial charge >= 0.3 is 36.1 Å². The van der Waals surface area contributed by atoms with Gasteiger partial charge in [-0.05, 0) is 18.2 Å². The number of amides is 2. The van der Waals surface area contributed by atoms with E-state index < -0.39 is 36.1 Å². The Morgan fingerprint density at radius 3 is 1.47 bits per heavy atom. The van der Waals surface area contributed by atoms with E-state index in [-0.39, 0.29) is 70.0 Å². The Morgan fingerprint density at radius 2 is 1.06 bits per heavy atom. The lowest BCUT2D eigenvalue weighted by Crippen LogP contribution is -2.33. The molecule has 0 aromatic heterocycles. The highest BCUT2D eigenvalue weighted by molar-refractivity contribution is 5.78. The van der Waals surface area contributed by atoms with E-state index in [2.05, 4.69) is 16.0 Å². The molecule has 0 heterocycles. The molecule has 0 bridgehead atoms. The molecular formula is C33H56N4O12. The molecule has 2 aromatic rings. The van der Waals surface area contributed by atoms with Crippen molar-refractivity contribution in [3.8, 4) is 0 Å². The summed E-state index contributed by atoms with van der Waals surface area (Å²) in [6, 6.07) is 18.3. The number of ether oxygens (including phenoxy) is 4. The minimum absolute atomic E-state index is 0. The molecule has 2 amide bonds. The highest BCUT2D eigenvalue weighted by Crippen LogP contribution is 2.01. The van der Waals surface area contributed by atoms with Crippen molar-refractivity contribution in [2.45, 2.75) is 40.9 Å². The lowest BCUT2D eigenvalue weighted by Gasteiger charge is -2.13. The van der Waals surface area contributed by atoms with E-state index >= 15 is 0 Å². The van der Waals surface area contributed by atoms with Crippen molar-refractivity contribution in [1.82, 2.24) is 20.9 Å². The van der Waals surface area contributed by atoms with Crippen LogP contribution in [-0.4, -0.2) is 111 Å². The summed E-state index contributed by atoms with van der Waals surface area (Å²) in [5, 5.41) is 24.0. The van der Waals surface area contributed by atoms with Gasteiger partial charge in [0, 0.05) is 17.4 Å². The molecular weight excluding hydrogens is 644 g/mol. The fraction of sp³-hybridized carbons (Fsp3) is 0.455. The second-order valence-corrected chi connectivity index (χ2v) is 8.97. The van der Waals surface area contributed by atoms with Gasteiger partial charge in [-0.2, -0.15) is 0 Å². The van der Waals surface area contributed by atoms with Crippen LogP contribution in [0.2, 0.25) is 0 Å². The van der Waals surface area contributed by atoms with E-state index in [0.29, 0.717) is 0 Å². The molecule has 0 spiro atoms. The Balaban J connectivity index is -0.000000245. The zero-order valence-corrected chi connectivity index (χ0v) is 28.8. The number of nitrogens with zero attached hydrogens (tertiary/aromatic N) is 1. The summed E-state index contributed by atoms with van der Waals surface area (Å²) in [7, 11) is 1.60. The number of rotatable bonds is 18. The summed E-state index contributed by atoms with van der Waals surface area (Å²) < 4.78 is 19.5. The summed E-state index contributed by atoms with van der Waals surface area (Å²) in [6.07, 6.45) is -1.43. The maximum absolute atomic E-state index is 11.4. The minimum Gasteiger partial charge on any atom is -0.480 e. The lowest BCUT2D eigenvalue weighted by atomic mass is 10.2. The van der Waals surface area contributed by atoms with Gasteiger partial charge in [-0.3, -0.25) is 24.1 Å². The van der Waals surface area contributed by atoms with E-state index in [0.717, 1.165) is 11.1 Å². The molecule has 0 aliphatic heterocycles. The topological polar surface area (TPSA) is 219 Å². The fourth-order valence-electron chi connectivity index (χ4n) is 3.00. The van der Waals surface area contributed by atoms with Crippen LogP contribution in [0.5, 0.6) is 0 Å². The van der Waals surface area contributed by atoms with Gasteiger partial charge in [-0.15, -0.1) is 0 Å². The maximum atomic E-state index is 11.4. The van der Waals surface area contributed by atoms with Crippen molar-refractivity contribution >= 4 is 36.1 Å². The first-order valence-corrected chi connectivity index (χ1v) is 15.6. The van der Waals surface area contributed by atoms with Crippen LogP contribution in [0.15, 0.2) is 60.7 Å². The van der Waals surface area contributed by atoms with Crippen molar-refractivity contribution in [3.63, 3.8) is 0 Å². The molecule has 49 heavy (non-hydrogen) atoms. The van der Waals surface area contributed by atoms with E-state index in [4.69, 9.17) is 29.2 Å². The van der Waals surface area contributed by atoms with E-state index in [9.17, 15) is 28.8 Å². The van der Waals surface area contributed by atoms with Crippen LogP contribution < -0.4 is 16.0 Å². The molecule has 0 saturated carbocycles. The van der Waals surface area contributed by atoms with Crippen molar-refractivity contribution in [3.05, 3.63) is 71.8 Å². The van der Waals surface area contributed by atoms with E-state index in [1.54, 1.807) is 7.05 Å². The standard InChI is InChI=1S/C15H20N2O6.C14H18N2O6.2C2H6.3H2/c1-17(10-13(18)19)7-8-22-14(20)9-16-15(21)23-11-12-5-3-2-4-6-12;17-12(18)8-15-6-7-21-13(19)9-16-14(20)22-10-11-4-2-1-3-5-11;2*1-2;;;/h2-6H,7-11H2,1H3,(H,16,21)(H,18,19);1-5,15H,6-10H2,(H,16,20)(H,17,18);2*1-2H3;3*1H. The van der Waals surface area contributed by atoms with Crippen LogP contribution in [0.3, 0.4) is 0 Å². The zero-order valence-electron chi connectivity index (χ0n) is 28.8. The molecule has 16 nitrogen and oxygen atoms in total. The molecule has 2 aromatic carbocycles. The van der Waals surface area contributed by atoms with Crippen LogP contribution in [0.1, 0.15) is 43.1 Å². The Bertz CT molecular complexity index is 1220. The number of hydrogen-bond donors (Lipinski definition) is 5. The molecule has 0 atom stereocenters. The summed E-state index contributed by atoms with van der Waals surface area (Å²) in [5.41, 5.74) is 1.68. The van der Waals surface area contributed by atoms with Crippen LogP contribution >= 0.6 is 0 Å². The highest BCUT2D eigenvalue weighted by atomic mass is 16.6. The number of aliphatic carboxylic acids is 2. The molecule has 0 fully saturated rings. The molecule has 0 unspecified atom stereocenters. The third-order valence-electron chi connectivity index (χ3n) is 5.14. The molecule has 16 heteroatoms. The van der Waals surface area contributed by atoms with E-state index in [1.807, 2.05) is 88.4 Å². The van der Waals surface area contributed by atoms with Crippen LogP contribution in [0.4, 0.5) is 9.59 Å². The van der Waals surface area contributed by atoms with Crippen LogP contribution in [0, 0.1) is 0 Å². The Kier molecular flexibility index (Phi) is 29.4. The third kappa shape index (κ3) is 29.9. The fourth-order valence-corrected chi connectivity index (χ4v) is 3.00. The number of hydrogen-bond acceptors (Lipinski definition) is 12. The summed E-state index contributed by atoms with van der Waals surface area (Å²) in [5.74, 6) is -3.20. The Labute approximate surface area is 291 Å². The number of carbonyl (C=O) groups excluding carboxylic acids is 4. The van der Waals surface area contributed by atoms with E-state index in [1.165, 1.54) is 4.90 Å². The van der Waals surface area contributed by atoms with Gasteiger partial charge in [-0.25, -0.2) is 9.59 Å². The second kappa shape index (κ2) is 31.4. The quantitative estimate of drug-likeness (QED) is 0.0855. The van der Waals surface area contributed by atoms with Crippen molar-refractivity contribution < 1.29 is 62.2 Å². The SMILES string of the molecule is CC.CC.CN(CCOC(=O)CNC(=O)OCc1ccccc1)CC(=O)O.O=C(O)CNCCOC(=O)CNC(=O)OCc1ccccc1.[HH].[HH].[HH]. The number of likely N-dealkylation sites (N-methyl/N-ethyl adjacent to an activating group) is 1. The van der Waals surface area contributed by atoms with Crippen molar-refractivity contribution in [2.75, 3.05) is 59.5 Å². The first-order valence-electron chi connectivity index (χ1n) is 15.6. The predicted molar refractivity (Wildman–Crippen MR) is 186 cm³/mol. The number of nitrogens with one attached hydrogen (secondary N) is 3. The first-order chi connectivity index (χ1) is 23.5. The molecule has 0 aliphatic carbocycles. The third-order valence-corrected chi connectivity index (χ3v) is 5.14. The largest absolute Gasteiger partial charge is 0.480 e. The highest BCUT2D eigenvalue weighted by Gasteiger charge is 2.10. The Hall–Kier alpha value is -5.22. The van der Waals surface area contributed by atoms with Crippen molar-refractivity contribution in [1.29, 1.82) is 0 Å². The average molecular weight is 701 g/mol. The smallest absolute Gasteiger partial charge is 0.407 e. The summed E-state index contributed by atoms with van der Waals surface area (Å²) in [6.45, 7) is 7.83. The molecule has 0 saturated heterocycles. The normalized spacial score (nSPS) is 9.43. The van der Waals surface area contributed by atoms with Gasteiger partial charge in [0.1, 0.15) is 39.5 Å². The Morgan fingerprint density at radius 1 is 0.633 bits per heavy atom. The van der Waals surface area contributed by atoms with Gasteiger partial charge in [0.05, 0.1) is 13.1 Å². The van der Waals surface area contributed by atoms with Crippen LogP contribution in [0.25, 0.3) is 0 Å². The number of carboxylic acid groups (broad SMARTS) is 2. The monoisotopic (exact) mass is 700 g/mol. The maximum Gasteiger partial charge on any atom is 0.407 e. The molecule has 0 aliphatic rings. The van der Waals surface area contributed by atoms with Gasteiger partial charge in [0.25, 0.3) is 0 Å². The lowest BCUT2D eigenvalue weighted by molar-refractivity contribution is -0.144. The number of carbonyl (C=O) groups is 6. The number of alkyl carbamates (subject to hydrolysis) is 2. The van der Waals surface area contributed by atoms with Crippen LogP contribution in [-0.2, 0) is 51.3 Å². The van der Waals surface area contributed by atoms with Gasteiger partial charge in [-0.1, -0.05) is 88.4 Å². The summed E-state index contributed by atoms with van der Waals surface area (Å²) in [4.78, 5) is 67.6. The van der Waals surface area contributed by atoms with Gasteiger partial charge < -0.3 is 45.1 Å². The first kappa shape index (κ1) is 45.9. The van der Waals surface area contributed by atoms with Crippen molar-refractivity contribution in [2.24, 2.45) is 0 Å². The number of carboxylic acids is 2. The predicted octanol–water partition coefficient (Wildman–Crippen LogP) is 3.39. The molecule has 280 valence electrons. The van der Waals surface area contributed by atoms with Gasteiger partial charge in [0.2, 0.25) is 0 Å².